The molecule has 0 heterocycles. The lowest BCUT2D eigenvalue weighted by atomic mass is 9.86. The number of hydrogen-bond acceptors (Lipinski definition) is 2. The van der Waals surface area contributed by atoms with Crippen LogP contribution in [0.2, 0.25) is 0 Å². The van der Waals surface area contributed by atoms with Crippen molar-refractivity contribution in [2.75, 3.05) is 11.9 Å². The standard InChI is InChI=1S/C16H22FNO/c1-11-6-4-7-13(10-11)18(3)16-14(12(2)19)8-5-9-15(16)17/h5,8-9,11,13H,4,6-7,10H2,1-3H3. The molecule has 2 atom stereocenters. The van der Waals surface area contributed by atoms with Crippen molar-refractivity contribution in [2.45, 2.75) is 45.6 Å². The highest BCUT2D eigenvalue weighted by Crippen LogP contribution is 2.32. The highest BCUT2D eigenvalue weighted by molar-refractivity contribution is 5.99. The van der Waals surface area contributed by atoms with Gasteiger partial charge in [0.2, 0.25) is 0 Å². The van der Waals surface area contributed by atoms with Crippen LogP contribution in [0.4, 0.5) is 10.1 Å². The van der Waals surface area contributed by atoms with Gasteiger partial charge in [0.1, 0.15) is 5.82 Å². The molecule has 1 aliphatic carbocycles. The molecule has 2 nitrogen and oxygen atoms in total. The molecule has 0 amide bonds. The SMILES string of the molecule is CC(=O)c1cccc(F)c1N(C)C1CCCC(C)C1. The van der Waals surface area contributed by atoms with Crippen molar-refractivity contribution in [3.63, 3.8) is 0 Å². The number of ketones is 1. The smallest absolute Gasteiger partial charge is 0.161 e. The first-order valence-electron chi connectivity index (χ1n) is 7.03. The Morgan fingerprint density at radius 3 is 2.74 bits per heavy atom. The Kier molecular flexibility index (Phi) is 4.23. The van der Waals surface area contributed by atoms with Crippen molar-refractivity contribution in [3.05, 3.63) is 29.6 Å². The first-order valence-corrected chi connectivity index (χ1v) is 7.03. The van der Waals surface area contributed by atoms with Crippen LogP contribution in [0.1, 0.15) is 49.9 Å². The summed E-state index contributed by atoms with van der Waals surface area (Å²) in [5.41, 5.74) is 0.954. The second-order valence-electron chi connectivity index (χ2n) is 5.73. The maximum absolute atomic E-state index is 14.1. The Balaban J connectivity index is 2.32. The van der Waals surface area contributed by atoms with Crippen molar-refractivity contribution in [2.24, 2.45) is 5.92 Å². The van der Waals surface area contributed by atoms with Crippen LogP contribution >= 0.6 is 0 Å². The maximum atomic E-state index is 14.1. The van der Waals surface area contributed by atoms with Gasteiger partial charge < -0.3 is 4.90 Å². The summed E-state index contributed by atoms with van der Waals surface area (Å²) in [5.74, 6) is 0.299. The summed E-state index contributed by atoms with van der Waals surface area (Å²) < 4.78 is 14.1. The lowest BCUT2D eigenvalue weighted by Crippen LogP contribution is -2.36. The van der Waals surface area contributed by atoms with Crippen molar-refractivity contribution in [3.8, 4) is 0 Å². The molecule has 2 rings (SSSR count). The molecule has 1 fully saturated rings. The van der Waals surface area contributed by atoms with Gasteiger partial charge in [-0.2, -0.15) is 0 Å². The third-order valence-corrected chi connectivity index (χ3v) is 4.18. The van der Waals surface area contributed by atoms with Gasteiger partial charge in [-0.15, -0.1) is 0 Å². The van der Waals surface area contributed by atoms with Crippen molar-refractivity contribution >= 4 is 11.5 Å². The van der Waals surface area contributed by atoms with Crippen LogP contribution in [0.3, 0.4) is 0 Å². The van der Waals surface area contributed by atoms with Gasteiger partial charge in [-0.3, -0.25) is 4.79 Å². The molecule has 0 bridgehead atoms. The van der Waals surface area contributed by atoms with Crippen LogP contribution in [-0.4, -0.2) is 18.9 Å². The summed E-state index contributed by atoms with van der Waals surface area (Å²) in [6.07, 6.45) is 4.58. The van der Waals surface area contributed by atoms with Gasteiger partial charge in [-0.05, 0) is 37.8 Å². The van der Waals surface area contributed by atoms with E-state index >= 15 is 0 Å². The molecular formula is C16H22FNO. The van der Waals surface area contributed by atoms with Gasteiger partial charge >= 0.3 is 0 Å². The van der Waals surface area contributed by atoms with Crippen LogP contribution < -0.4 is 4.90 Å². The quantitative estimate of drug-likeness (QED) is 0.767. The molecule has 0 aliphatic heterocycles. The second-order valence-corrected chi connectivity index (χ2v) is 5.73. The second kappa shape index (κ2) is 5.72. The predicted octanol–water partition coefficient (Wildman–Crippen LogP) is 4.04. The molecule has 0 N–H and O–H groups in total. The van der Waals surface area contributed by atoms with E-state index in [9.17, 15) is 9.18 Å². The van der Waals surface area contributed by atoms with E-state index in [1.807, 2.05) is 11.9 Å². The Bertz CT molecular complexity index is 472. The molecule has 0 spiro atoms. The number of benzene rings is 1. The highest BCUT2D eigenvalue weighted by atomic mass is 19.1. The molecule has 3 heteroatoms. The number of halogens is 1. The summed E-state index contributed by atoms with van der Waals surface area (Å²) in [5, 5.41) is 0. The van der Waals surface area contributed by atoms with E-state index in [0.29, 0.717) is 23.2 Å². The molecule has 1 saturated carbocycles. The summed E-state index contributed by atoms with van der Waals surface area (Å²) >= 11 is 0. The van der Waals surface area contributed by atoms with E-state index in [2.05, 4.69) is 6.92 Å². The third-order valence-electron chi connectivity index (χ3n) is 4.18. The molecule has 104 valence electrons. The number of Topliss-reactive ketones (excluding diaryl/α,β-unsaturated/α-hetero) is 1. The summed E-state index contributed by atoms with van der Waals surface area (Å²) in [7, 11) is 1.91. The lowest BCUT2D eigenvalue weighted by Gasteiger charge is -2.36. The number of rotatable bonds is 3. The Morgan fingerprint density at radius 1 is 1.37 bits per heavy atom. The fraction of sp³-hybridized carbons (Fsp3) is 0.562. The van der Waals surface area contributed by atoms with Crippen LogP contribution in [0.5, 0.6) is 0 Å². The number of hydrogen-bond donors (Lipinski definition) is 0. The first-order chi connectivity index (χ1) is 9.00. The molecule has 1 aromatic carbocycles. The molecule has 19 heavy (non-hydrogen) atoms. The highest BCUT2D eigenvalue weighted by Gasteiger charge is 2.26. The van der Waals surface area contributed by atoms with Crippen molar-refractivity contribution in [1.29, 1.82) is 0 Å². The van der Waals surface area contributed by atoms with Crippen molar-refractivity contribution in [1.82, 2.24) is 0 Å². The zero-order valence-corrected chi connectivity index (χ0v) is 11.9. The van der Waals surface area contributed by atoms with Crippen LogP contribution in [0, 0.1) is 11.7 Å². The molecule has 0 radical (unpaired) electrons. The fourth-order valence-electron chi connectivity index (χ4n) is 3.09. The summed E-state index contributed by atoms with van der Waals surface area (Å²) in [6, 6.07) is 5.08. The van der Waals surface area contributed by atoms with E-state index in [-0.39, 0.29) is 11.6 Å². The molecule has 2 unspecified atom stereocenters. The maximum Gasteiger partial charge on any atom is 0.161 e. The lowest BCUT2D eigenvalue weighted by molar-refractivity contribution is 0.101. The topological polar surface area (TPSA) is 20.3 Å². The first kappa shape index (κ1) is 14.0. The monoisotopic (exact) mass is 263 g/mol. The minimum Gasteiger partial charge on any atom is -0.369 e. The third kappa shape index (κ3) is 2.96. The largest absolute Gasteiger partial charge is 0.369 e. The number of para-hydroxylation sites is 1. The number of nitrogens with zero attached hydrogens (tertiary/aromatic N) is 1. The summed E-state index contributed by atoms with van der Waals surface area (Å²) in [6.45, 7) is 3.74. The van der Waals surface area contributed by atoms with Crippen LogP contribution in [0.15, 0.2) is 18.2 Å². The van der Waals surface area contributed by atoms with E-state index in [1.165, 1.54) is 25.8 Å². The van der Waals surface area contributed by atoms with Crippen LogP contribution in [-0.2, 0) is 0 Å². The minimum absolute atomic E-state index is 0.0785. The molecule has 0 saturated heterocycles. The summed E-state index contributed by atoms with van der Waals surface area (Å²) in [4.78, 5) is 13.7. The van der Waals surface area contributed by atoms with E-state index in [0.717, 1.165) is 12.8 Å². The Morgan fingerprint density at radius 2 is 2.11 bits per heavy atom. The molecule has 0 aromatic heterocycles. The van der Waals surface area contributed by atoms with Gasteiger partial charge in [0.15, 0.2) is 5.78 Å². The van der Waals surface area contributed by atoms with Gasteiger partial charge in [0.25, 0.3) is 0 Å². The molecular weight excluding hydrogens is 241 g/mol. The van der Waals surface area contributed by atoms with E-state index < -0.39 is 0 Å². The average Bonchev–Trinajstić information content (AvgIpc) is 2.37. The Labute approximate surface area is 114 Å². The predicted molar refractivity (Wildman–Crippen MR) is 76.2 cm³/mol. The van der Waals surface area contributed by atoms with Gasteiger partial charge in [-0.25, -0.2) is 4.39 Å². The zero-order chi connectivity index (χ0) is 14.0. The normalized spacial score (nSPS) is 23.2. The number of carbonyl (C=O) groups excluding carboxylic acids is 1. The molecule has 1 aromatic rings. The van der Waals surface area contributed by atoms with Crippen LogP contribution in [0.25, 0.3) is 0 Å². The van der Waals surface area contributed by atoms with Crippen molar-refractivity contribution < 1.29 is 9.18 Å². The van der Waals surface area contributed by atoms with Gasteiger partial charge in [0.05, 0.1) is 5.69 Å². The number of carbonyl (C=O) groups is 1. The van der Waals surface area contributed by atoms with E-state index in [4.69, 9.17) is 0 Å². The average molecular weight is 263 g/mol. The van der Waals surface area contributed by atoms with Gasteiger partial charge in [-0.1, -0.05) is 25.8 Å². The van der Waals surface area contributed by atoms with E-state index in [1.54, 1.807) is 12.1 Å². The minimum atomic E-state index is -0.298. The fourth-order valence-corrected chi connectivity index (χ4v) is 3.09. The van der Waals surface area contributed by atoms with Gasteiger partial charge in [0, 0.05) is 18.7 Å². The molecule has 1 aliphatic rings. The zero-order valence-electron chi connectivity index (χ0n) is 11.9. The Hall–Kier alpha value is -1.38. The number of anilines is 1.